The zero-order valence-corrected chi connectivity index (χ0v) is 11.6. The molecule has 0 aliphatic rings. The SMILES string of the molecule is CCCNC(c1ccc(Cl)s1)c1ncccc1F. The van der Waals surface area contributed by atoms with Gasteiger partial charge >= 0.3 is 0 Å². The average Bonchev–Trinajstić information content (AvgIpc) is 2.78. The van der Waals surface area contributed by atoms with E-state index in [-0.39, 0.29) is 11.9 Å². The molecule has 2 heterocycles. The fourth-order valence-electron chi connectivity index (χ4n) is 1.71. The van der Waals surface area contributed by atoms with Crippen LogP contribution in [-0.2, 0) is 0 Å². The highest BCUT2D eigenvalue weighted by atomic mass is 35.5. The van der Waals surface area contributed by atoms with Crippen molar-refractivity contribution in [2.45, 2.75) is 19.4 Å². The summed E-state index contributed by atoms with van der Waals surface area (Å²) in [6.07, 6.45) is 2.58. The molecule has 0 aliphatic heterocycles. The molecule has 18 heavy (non-hydrogen) atoms. The molecule has 2 nitrogen and oxygen atoms in total. The minimum atomic E-state index is -0.296. The van der Waals surface area contributed by atoms with Crippen molar-refractivity contribution in [2.24, 2.45) is 0 Å². The maximum atomic E-state index is 13.8. The molecule has 1 N–H and O–H groups in total. The summed E-state index contributed by atoms with van der Waals surface area (Å²) in [6.45, 7) is 2.87. The van der Waals surface area contributed by atoms with Crippen LogP contribution in [0.1, 0.15) is 30.0 Å². The normalized spacial score (nSPS) is 12.6. The van der Waals surface area contributed by atoms with E-state index in [0.717, 1.165) is 17.8 Å². The first-order valence-corrected chi connectivity index (χ1v) is 7.01. The van der Waals surface area contributed by atoms with Crippen LogP contribution in [0.5, 0.6) is 0 Å². The summed E-state index contributed by atoms with van der Waals surface area (Å²) in [5.74, 6) is -0.296. The Balaban J connectivity index is 2.33. The van der Waals surface area contributed by atoms with Gasteiger partial charge in [-0.2, -0.15) is 0 Å². The zero-order valence-electron chi connectivity index (χ0n) is 9.99. The van der Waals surface area contributed by atoms with E-state index in [9.17, 15) is 4.39 Å². The van der Waals surface area contributed by atoms with E-state index in [1.54, 1.807) is 12.3 Å². The van der Waals surface area contributed by atoms with Crippen LogP contribution in [0.4, 0.5) is 4.39 Å². The standard InChI is InChI=1S/C13H14ClFN2S/c1-2-7-16-13(10-5-6-11(14)18-10)12-9(15)4-3-8-17-12/h3-6,8,13,16H,2,7H2,1H3. The van der Waals surface area contributed by atoms with Crippen LogP contribution in [0, 0.1) is 5.82 Å². The van der Waals surface area contributed by atoms with E-state index < -0.39 is 0 Å². The van der Waals surface area contributed by atoms with Crippen molar-refractivity contribution in [2.75, 3.05) is 6.54 Å². The Labute approximate surface area is 115 Å². The lowest BCUT2D eigenvalue weighted by atomic mass is 10.1. The van der Waals surface area contributed by atoms with E-state index in [4.69, 9.17) is 11.6 Å². The van der Waals surface area contributed by atoms with Crippen molar-refractivity contribution in [3.05, 3.63) is 51.2 Å². The fourth-order valence-corrected chi connectivity index (χ4v) is 2.85. The monoisotopic (exact) mass is 284 g/mol. The summed E-state index contributed by atoms with van der Waals surface area (Å²) in [5.41, 5.74) is 0.421. The first-order valence-electron chi connectivity index (χ1n) is 5.81. The smallest absolute Gasteiger partial charge is 0.146 e. The van der Waals surface area contributed by atoms with Crippen LogP contribution in [0.25, 0.3) is 0 Å². The summed E-state index contributed by atoms with van der Waals surface area (Å²) in [6, 6.07) is 6.52. The number of rotatable bonds is 5. The number of hydrogen-bond donors (Lipinski definition) is 1. The maximum absolute atomic E-state index is 13.8. The summed E-state index contributed by atoms with van der Waals surface area (Å²) < 4.78 is 14.5. The van der Waals surface area contributed by atoms with Gasteiger partial charge in [-0.25, -0.2) is 4.39 Å². The van der Waals surface area contributed by atoms with Gasteiger partial charge in [-0.05, 0) is 37.2 Å². The zero-order chi connectivity index (χ0) is 13.0. The summed E-state index contributed by atoms with van der Waals surface area (Å²) >= 11 is 7.39. The van der Waals surface area contributed by atoms with Crippen LogP contribution in [0.15, 0.2) is 30.5 Å². The number of nitrogens with one attached hydrogen (secondary N) is 1. The Morgan fingerprint density at radius 2 is 2.28 bits per heavy atom. The van der Waals surface area contributed by atoms with Crippen molar-refractivity contribution in [3.63, 3.8) is 0 Å². The minimum absolute atomic E-state index is 0.233. The van der Waals surface area contributed by atoms with E-state index in [2.05, 4.69) is 17.2 Å². The number of aromatic nitrogens is 1. The molecule has 2 rings (SSSR count). The molecule has 0 radical (unpaired) electrons. The Morgan fingerprint density at radius 1 is 1.44 bits per heavy atom. The molecule has 2 aromatic rings. The third kappa shape index (κ3) is 3.07. The summed E-state index contributed by atoms with van der Waals surface area (Å²) in [4.78, 5) is 5.12. The number of thiophene rings is 1. The van der Waals surface area contributed by atoms with Gasteiger partial charge in [-0.15, -0.1) is 11.3 Å². The minimum Gasteiger partial charge on any atom is -0.304 e. The Kier molecular flexibility index (Phi) is 4.69. The van der Waals surface area contributed by atoms with Gasteiger partial charge in [0.15, 0.2) is 0 Å². The highest BCUT2D eigenvalue weighted by Crippen LogP contribution is 2.31. The molecule has 0 bridgehead atoms. The largest absolute Gasteiger partial charge is 0.304 e. The molecule has 1 atom stereocenters. The molecular formula is C13H14ClFN2S. The molecule has 96 valence electrons. The molecule has 2 aromatic heterocycles. The average molecular weight is 285 g/mol. The summed E-state index contributed by atoms with van der Waals surface area (Å²) in [5, 5.41) is 3.31. The third-order valence-corrected chi connectivity index (χ3v) is 3.83. The van der Waals surface area contributed by atoms with Crippen molar-refractivity contribution in [3.8, 4) is 0 Å². The molecule has 0 saturated carbocycles. The van der Waals surface area contributed by atoms with Gasteiger partial charge in [0.2, 0.25) is 0 Å². The molecule has 0 aliphatic carbocycles. The Morgan fingerprint density at radius 3 is 2.89 bits per heavy atom. The first kappa shape index (κ1) is 13.5. The summed E-state index contributed by atoms with van der Waals surface area (Å²) in [7, 11) is 0. The van der Waals surface area contributed by atoms with E-state index >= 15 is 0 Å². The number of pyridine rings is 1. The topological polar surface area (TPSA) is 24.9 Å². The third-order valence-electron chi connectivity index (χ3n) is 2.54. The van der Waals surface area contributed by atoms with Gasteiger partial charge in [0.05, 0.1) is 16.1 Å². The molecule has 0 spiro atoms. The molecule has 0 saturated heterocycles. The highest BCUT2D eigenvalue weighted by molar-refractivity contribution is 7.16. The molecule has 0 amide bonds. The van der Waals surface area contributed by atoms with Crippen LogP contribution in [0.2, 0.25) is 4.34 Å². The van der Waals surface area contributed by atoms with Crippen molar-refractivity contribution < 1.29 is 4.39 Å². The maximum Gasteiger partial charge on any atom is 0.146 e. The quantitative estimate of drug-likeness (QED) is 0.897. The van der Waals surface area contributed by atoms with Crippen molar-refractivity contribution >= 4 is 22.9 Å². The highest BCUT2D eigenvalue weighted by Gasteiger charge is 2.20. The van der Waals surface area contributed by atoms with Crippen LogP contribution in [-0.4, -0.2) is 11.5 Å². The predicted octanol–water partition coefficient (Wildman–Crippen LogP) is 4.02. The van der Waals surface area contributed by atoms with E-state index in [1.807, 2.05) is 12.1 Å². The van der Waals surface area contributed by atoms with Crippen molar-refractivity contribution in [1.29, 1.82) is 0 Å². The molecule has 5 heteroatoms. The second kappa shape index (κ2) is 6.27. The number of nitrogens with zero attached hydrogens (tertiary/aromatic N) is 1. The number of hydrogen-bond acceptors (Lipinski definition) is 3. The molecule has 1 unspecified atom stereocenters. The van der Waals surface area contributed by atoms with Gasteiger partial charge in [0.25, 0.3) is 0 Å². The lowest BCUT2D eigenvalue weighted by molar-refractivity contribution is 0.536. The molecular weight excluding hydrogens is 271 g/mol. The lowest BCUT2D eigenvalue weighted by Crippen LogP contribution is -2.24. The van der Waals surface area contributed by atoms with Gasteiger partial charge in [-0.3, -0.25) is 4.98 Å². The van der Waals surface area contributed by atoms with E-state index in [0.29, 0.717) is 10.0 Å². The van der Waals surface area contributed by atoms with Crippen LogP contribution >= 0.6 is 22.9 Å². The van der Waals surface area contributed by atoms with Crippen LogP contribution < -0.4 is 5.32 Å². The van der Waals surface area contributed by atoms with Gasteiger partial charge in [-0.1, -0.05) is 18.5 Å². The van der Waals surface area contributed by atoms with Crippen LogP contribution in [0.3, 0.4) is 0 Å². The van der Waals surface area contributed by atoms with Gasteiger partial charge < -0.3 is 5.32 Å². The van der Waals surface area contributed by atoms with Gasteiger partial charge in [0.1, 0.15) is 5.82 Å². The Bertz CT molecular complexity index is 515. The lowest BCUT2D eigenvalue weighted by Gasteiger charge is -2.17. The molecule has 0 aromatic carbocycles. The molecule has 0 fully saturated rings. The van der Waals surface area contributed by atoms with E-state index in [1.165, 1.54) is 17.4 Å². The second-order valence-corrected chi connectivity index (χ2v) is 5.65. The Hall–Kier alpha value is -0.970. The fraction of sp³-hybridized carbons (Fsp3) is 0.308. The first-order chi connectivity index (χ1) is 8.72. The second-order valence-electron chi connectivity index (χ2n) is 3.90. The van der Waals surface area contributed by atoms with Crippen molar-refractivity contribution in [1.82, 2.24) is 10.3 Å². The number of halogens is 2. The van der Waals surface area contributed by atoms with Gasteiger partial charge in [0, 0.05) is 11.1 Å². The predicted molar refractivity (Wildman–Crippen MR) is 73.7 cm³/mol.